The molecule has 12 nitrogen and oxygen atoms in total. The maximum Gasteiger partial charge on any atom is 0.269 e. The average Bonchev–Trinajstić information content (AvgIpc) is 3.01. The van der Waals surface area contributed by atoms with Crippen molar-refractivity contribution < 1.29 is 24.0 Å². The summed E-state index contributed by atoms with van der Waals surface area (Å²) >= 11 is 0. The molecule has 3 aromatic carbocycles. The van der Waals surface area contributed by atoms with Gasteiger partial charge in [0.25, 0.3) is 5.69 Å². The molecule has 0 saturated carbocycles. The lowest BCUT2D eigenvalue weighted by atomic mass is 10.0. The molecule has 0 unspecified atom stereocenters. The van der Waals surface area contributed by atoms with Gasteiger partial charge in [0, 0.05) is 47.6 Å². The predicted octanol–water partition coefficient (Wildman–Crippen LogP) is 4.46. The van der Waals surface area contributed by atoms with Gasteiger partial charge in [-0.15, -0.1) is 0 Å². The minimum atomic E-state index is -0.835. The number of carbonyl (C=O) groups is 2. The van der Waals surface area contributed by atoms with Crippen LogP contribution in [0.15, 0.2) is 60.8 Å². The number of ether oxygens (including phenoxy) is 2. The monoisotopic (exact) mass is 614 g/mol. The van der Waals surface area contributed by atoms with Gasteiger partial charge in [-0.05, 0) is 55.5 Å². The lowest BCUT2D eigenvalue weighted by Gasteiger charge is -2.20. The van der Waals surface area contributed by atoms with Gasteiger partial charge >= 0.3 is 0 Å². The van der Waals surface area contributed by atoms with Crippen molar-refractivity contribution in [2.75, 3.05) is 18.5 Å². The normalized spacial score (nSPS) is 11.6. The summed E-state index contributed by atoms with van der Waals surface area (Å²) in [6.45, 7) is 6.94. The Morgan fingerprint density at radius 1 is 1.00 bits per heavy atom. The molecule has 0 aliphatic rings. The van der Waals surface area contributed by atoms with Crippen molar-refractivity contribution in [2.45, 2.75) is 52.6 Å². The molecule has 12 heteroatoms. The average molecular weight is 615 g/mol. The standard InChI is InChI=1S/C33H38N6O6/c1-4-24-21(18-37-33(41)26(34)14-20-10-12-23(13-11-20)39(42)43)8-7-9-27(24)38-32-22(15-31(35)40)19-36-28-17-30(45-6-3)29(44-5-2)16-25(28)32/h7-13,16-17,19,26H,4-6,14-15,18,34H2,1-3H3,(H2,35,40)(H,36,38)(H,37,41)/t26-/m1/s1. The molecule has 4 aromatic rings. The van der Waals surface area contributed by atoms with E-state index in [1.54, 1.807) is 18.3 Å². The van der Waals surface area contributed by atoms with Crippen LogP contribution in [-0.4, -0.2) is 41.0 Å². The van der Waals surface area contributed by atoms with Gasteiger partial charge in [-0.1, -0.05) is 31.2 Å². The molecule has 6 N–H and O–H groups in total. The molecular formula is C33H38N6O6. The lowest BCUT2D eigenvalue weighted by molar-refractivity contribution is -0.384. The molecule has 1 aromatic heterocycles. The van der Waals surface area contributed by atoms with E-state index in [-0.39, 0.29) is 31.0 Å². The number of nitrogens with two attached hydrogens (primary N) is 2. The van der Waals surface area contributed by atoms with Crippen LogP contribution in [0.25, 0.3) is 10.9 Å². The van der Waals surface area contributed by atoms with E-state index < -0.39 is 16.9 Å². The van der Waals surface area contributed by atoms with Gasteiger partial charge < -0.3 is 31.6 Å². The molecule has 0 aliphatic heterocycles. The molecule has 0 saturated heterocycles. The number of nitro groups is 1. The second-order valence-electron chi connectivity index (χ2n) is 10.4. The zero-order valence-corrected chi connectivity index (χ0v) is 25.6. The van der Waals surface area contributed by atoms with Crippen molar-refractivity contribution in [2.24, 2.45) is 11.5 Å². The van der Waals surface area contributed by atoms with Crippen LogP contribution < -0.4 is 31.6 Å². The fourth-order valence-electron chi connectivity index (χ4n) is 5.13. The van der Waals surface area contributed by atoms with E-state index in [0.717, 1.165) is 27.8 Å². The van der Waals surface area contributed by atoms with Crippen molar-refractivity contribution in [1.82, 2.24) is 10.3 Å². The third-order valence-electron chi connectivity index (χ3n) is 7.26. The number of non-ortho nitro benzene ring substituents is 1. The quantitative estimate of drug-likeness (QED) is 0.111. The molecule has 0 spiro atoms. The van der Waals surface area contributed by atoms with Gasteiger partial charge in [0.15, 0.2) is 11.5 Å². The first-order valence-corrected chi connectivity index (χ1v) is 14.8. The number of primary amides is 1. The first-order valence-electron chi connectivity index (χ1n) is 14.8. The van der Waals surface area contributed by atoms with Crippen molar-refractivity contribution in [3.05, 3.63) is 93.2 Å². The Labute approximate surface area is 261 Å². The Morgan fingerprint density at radius 3 is 2.31 bits per heavy atom. The maximum absolute atomic E-state index is 12.9. The molecule has 0 bridgehead atoms. The second kappa shape index (κ2) is 15.0. The number of carbonyl (C=O) groups excluding carboxylic acids is 2. The summed E-state index contributed by atoms with van der Waals surface area (Å²) in [4.78, 5) is 39.9. The molecule has 0 aliphatic carbocycles. The number of pyridine rings is 1. The summed E-state index contributed by atoms with van der Waals surface area (Å²) in [5, 5.41) is 18.1. The first-order chi connectivity index (χ1) is 21.6. The van der Waals surface area contributed by atoms with Crippen molar-refractivity contribution in [3.8, 4) is 11.5 Å². The number of hydrogen-bond acceptors (Lipinski definition) is 9. The number of nitrogens with one attached hydrogen (secondary N) is 2. The van der Waals surface area contributed by atoms with E-state index in [9.17, 15) is 19.7 Å². The van der Waals surface area contributed by atoms with Gasteiger partial charge in [0.1, 0.15) is 0 Å². The van der Waals surface area contributed by atoms with Gasteiger partial charge in [0.2, 0.25) is 11.8 Å². The molecule has 45 heavy (non-hydrogen) atoms. The maximum atomic E-state index is 12.9. The van der Waals surface area contributed by atoms with Crippen LogP contribution in [0.3, 0.4) is 0 Å². The van der Waals surface area contributed by atoms with Gasteiger partial charge in [-0.2, -0.15) is 0 Å². The Kier molecular flexibility index (Phi) is 10.9. The van der Waals surface area contributed by atoms with Crippen molar-refractivity contribution >= 4 is 39.8 Å². The lowest BCUT2D eigenvalue weighted by Crippen LogP contribution is -2.41. The highest BCUT2D eigenvalue weighted by Crippen LogP contribution is 2.38. The summed E-state index contributed by atoms with van der Waals surface area (Å²) in [5.41, 5.74) is 17.1. The summed E-state index contributed by atoms with van der Waals surface area (Å²) in [5.74, 6) is 0.301. The van der Waals surface area contributed by atoms with Crippen molar-refractivity contribution in [1.29, 1.82) is 0 Å². The number of amides is 2. The van der Waals surface area contributed by atoms with E-state index in [4.69, 9.17) is 20.9 Å². The fraction of sp³-hybridized carbons (Fsp3) is 0.303. The topological polar surface area (TPSA) is 185 Å². The van der Waals surface area contributed by atoms with Gasteiger partial charge in [-0.3, -0.25) is 24.7 Å². The number of fused-ring (bicyclic) bond motifs is 1. The third-order valence-corrected chi connectivity index (χ3v) is 7.26. The molecule has 0 radical (unpaired) electrons. The van der Waals surface area contributed by atoms with E-state index in [0.29, 0.717) is 47.9 Å². The third kappa shape index (κ3) is 8.03. The molecular weight excluding hydrogens is 576 g/mol. The summed E-state index contributed by atoms with van der Waals surface area (Å²) in [6, 6.07) is 14.6. The molecule has 4 rings (SSSR count). The van der Waals surface area contributed by atoms with E-state index in [2.05, 4.69) is 15.6 Å². The number of nitro benzene ring substituents is 1. The Bertz CT molecular complexity index is 1690. The van der Waals surface area contributed by atoms with Gasteiger partial charge in [0.05, 0.1) is 41.8 Å². The van der Waals surface area contributed by atoms with Crippen LogP contribution in [0.5, 0.6) is 11.5 Å². The predicted molar refractivity (Wildman–Crippen MR) is 173 cm³/mol. The highest BCUT2D eigenvalue weighted by molar-refractivity contribution is 5.98. The minimum absolute atomic E-state index is 0.0215. The van der Waals surface area contributed by atoms with Crippen LogP contribution in [0.1, 0.15) is 43.0 Å². The fourth-order valence-corrected chi connectivity index (χ4v) is 5.13. The largest absolute Gasteiger partial charge is 0.490 e. The smallest absolute Gasteiger partial charge is 0.269 e. The van der Waals surface area contributed by atoms with Crippen LogP contribution in [-0.2, 0) is 35.4 Å². The Morgan fingerprint density at radius 2 is 1.69 bits per heavy atom. The van der Waals surface area contributed by atoms with Gasteiger partial charge in [-0.25, -0.2) is 0 Å². The second-order valence-corrected chi connectivity index (χ2v) is 10.4. The summed E-state index contributed by atoms with van der Waals surface area (Å²) in [7, 11) is 0. The highest BCUT2D eigenvalue weighted by Gasteiger charge is 2.19. The summed E-state index contributed by atoms with van der Waals surface area (Å²) in [6.07, 6.45) is 2.49. The number of benzene rings is 3. The number of aromatic nitrogens is 1. The molecule has 236 valence electrons. The SMILES string of the molecule is CCOc1cc2ncc(CC(N)=O)c(Nc3cccc(CNC(=O)[C@H](N)Cc4ccc([N+](=O)[O-])cc4)c3CC)c2cc1OCC. The summed E-state index contributed by atoms with van der Waals surface area (Å²) < 4.78 is 11.6. The van der Waals surface area contributed by atoms with Crippen LogP contribution in [0.2, 0.25) is 0 Å². The number of rotatable bonds is 15. The van der Waals surface area contributed by atoms with E-state index >= 15 is 0 Å². The minimum Gasteiger partial charge on any atom is -0.490 e. The highest BCUT2D eigenvalue weighted by atomic mass is 16.6. The van der Waals surface area contributed by atoms with Crippen LogP contribution >= 0.6 is 0 Å². The number of hydrogen-bond donors (Lipinski definition) is 4. The Balaban J connectivity index is 1.61. The zero-order chi connectivity index (χ0) is 32.5. The molecule has 2 amide bonds. The van der Waals surface area contributed by atoms with Crippen molar-refractivity contribution in [3.63, 3.8) is 0 Å². The van der Waals surface area contributed by atoms with E-state index in [1.807, 2.05) is 51.1 Å². The first kappa shape index (κ1) is 32.7. The molecule has 1 heterocycles. The number of nitrogens with zero attached hydrogens (tertiary/aromatic N) is 2. The zero-order valence-electron chi connectivity index (χ0n) is 25.6. The van der Waals surface area contributed by atoms with E-state index in [1.165, 1.54) is 12.1 Å². The molecule has 1 atom stereocenters. The number of anilines is 2. The molecule has 0 fully saturated rings. The Hall–Kier alpha value is -5.23. The van der Waals surface area contributed by atoms with Crippen LogP contribution in [0.4, 0.5) is 17.1 Å². The van der Waals surface area contributed by atoms with Crippen LogP contribution in [0, 0.1) is 10.1 Å².